The Morgan fingerprint density at radius 1 is 1.31 bits per heavy atom. The van der Waals surface area contributed by atoms with Crippen molar-refractivity contribution >= 4 is 11.3 Å². The fourth-order valence-corrected chi connectivity index (χ4v) is 2.11. The summed E-state index contributed by atoms with van der Waals surface area (Å²) in [6, 6.07) is 0. The molecule has 1 aromatic heterocycles. The summed E-state index contributed by atoms with van der Waals surface area (Å²) in [6.45, 7) is 5.39. The smallest absolute Gasteiger partial charge is 0.118 e. The maximum absolute atomic E-state index is 4.15. The van der Waals surface area contributed by atoms with Gasteiger partial charge in [0.25, 0.3) is 0 Å². The molecule has 0 unspecified atom stereocenters. The van der Waals surface area contributed by atoms with Gasteiger partial charge in [0.15, 0.2) is 0 Å². The van der Waals surface area contributed by atoms with Crippen LogP contribution in [0.5, 0.6) is 0 Å². The van der Waals surface area contributed by atoms with Gasteiger partial charge in [0.1, 0.15) is 10.0 Å². The molecule has 74 valence electrons. The Hall–Kier alpha value is -0.480. The van der Waals surface area contributed by atoms with E-state index < -0.39 is 0 Å². The highest BCUT2D eigenvalue weighted by Crippen LogP contribution is 2.13. The van der Waals surface area contributed by atoms with Gasteiger partial charge in [-0.2, -0.15) is 0 Å². The lowest BCUT2D eigenvalue weighted by molar-refractivity contribution is 0.639. The quantitative estimate of drug-likeness (QED) is 0.781. The normalized spacial score (nSPS) is 11.1. The second-order valence-corrected chi connectivity index (χ2v) is 4.69. The number of nitrogens with zero attached hydrogens (tertiary/aromatic N) is 2. The Morgan fingerprint density at radius 3 is 2.62 bits per heavy atom. The molecule has 13 heavy (non-hydrogen) atoms. The lowest BCUT2D eigenvalue weighted by Gasteiger charge is -1.97. The zero-order valence-corrected chi connectivity index (χ0v) is 9.32. The highest BCUT2D eigenvalue weighted by molar-refractivity contribution is 7.11. The average molecular weight is 199 g/mol. The lowest BCUT2D eigenvalue weighted by Crippen LogP contribution is -2.09. The van der Waals surface area contributed by atoms with Crippen molar-refractivity contribution in [1.82, 2.24) is 15.5 Å². The molecule has 0 fully saturated rings. The monoisotopic (exact) mass is 199 g/mol. The van der Waals surface area contributed by atoms with E-state index in [-0.39, 0.29) is 0 Å². The minimum atomic E-state index is 0.671. The average Bonchev–Trinajstić information content (AvgIpc) is 2.48. The SMILES string of the molecule is CNCCc1nnc(CC(C)C)s1. The second kappa shape index (κ2) is 5.29. The van der Waals surface area contributed by atoms with Crippen LogP contribution >= 0.6 is 11.3 Å². The molecular formula is C9H17N3S. The first-order valence-corrected chi connectivity index (χ1v) is 5.50. The lowest BCUT2D eigenvalue weighted by atomic mass is 10.1. The molecule has 0 aliphatic rings. The fourth-order valence-electron chi connectivity index (χ4n) is 1.05. The third-order valence-corrected chi connectivity index (χ3v) is 2.69. The molecule has 0 atom stereocenters. The zero-order valence-electron chi connectivity index (χ0n) is 8.50. The van der Waals surface area contributed by atoms with Crippen LogP contribution < -0.4 is 5.32 Å². The molecule has 0 saturated heterocycles. The number of likely N-dealkylation sites (N-methyl/N-ethyl adjacent to an activating group) is 1. The van der Waals surface area contributed by atoms with Crippen LogP contribution in [0.2, 0.25) is 0 Å². The van der Waals surface area contributed by atoms with Crippen molar-refractivity contribution in [3.63, 3.8) is 0 Å². The van der Waals surface area contributed by atoms with Crippen LogP contribution in [0, 0.1) is 5.92 Å². The highest BCUT2D eigenvalue weighted by Gasteiger charge is 2.05. The van der Waals surface area contributed by atoms with Crippen LogP contribution in [0.25, 0.3) is 0 Å². The molecule has 0 bridgehead atoms. The topological polar surface area (TPSA) is 37.8 Å². The van der Waals surface area contributed by atoms with E-state index in [9.17, 15) is 0 Å². The van der Waals surface area contributed by atoms with Gasteiger partial charge >= 0.3 is 0 Å². The molecule has 4 heteroatoms. The summed E-state index contributed by atoms with van der Waals surface area (Å²) in [5.41, 5.74) is 0. The van der Waals surface area contributed by atoms with Crippen molar-refractivity contribution in [3.05, 3.63) is 10.0 Å². The van der Waals surface area contributed by atoms with Gasteiger partial charge in [-0.3, -0.25) is 0 Å². The first kappa shape index (κ1) is 10.6. The molecule has 0 radical (unpaired) electrons. The standard InChI is InChI=1S/C9H17N3S/c1-7(2)6-9-12-11-8(13-9)4-5-10-3/h7,10H,4-6H2,1-3H3. The number of rotatable bonds is 5. The van der Waals surface area contributed by atoms with Gasteiger partial charge < -0.3 is 5.32 Å². The van der Waals surface area contributed by atoms with E-state index in [0.29, 0.717) is 5.92 Å². The minimum absolute atomic E-state index is 0.671. The summed E-state index contributed by atoms with van der Waals surface area (Å²) in [6.07, 6.45) is 2.05. The molecule has 0 aliphatic heterocycles. The summed E-state index contributed by atoms with van der Waals surface area (Å²) in [7, 11) is 1.95. The van der Waals surface area contributed by atoms with Crippen molar-refractivity contribution in [1.29, 1.82) is 0 Å². The van der Waals surface area contributed by atoms with E-state index >= 15 is 0 Å². The van der Waals surface area contributed by atoms with E-state index in [0.717, 1.165) is 24.4 Å². The van der Waals surface area contributed by atoms with Crippen molar-refractivity contribution in [2.45, 2.75) is 26.7 Å². The van der Waals surface area contributed by atoms with Crippen LogP contribution in [-0.4, -0.2) is 23.8 Å². The molecule has 0 amide bonds. The third kappa shape index (κ3) is 3.83. The van der Waals surface area contributed by atoms with Crippen molar-refractivity contribution in [2.24, 2.45) is 5.92 Å². The van der Waals surface area contributed by atoms with Gasteiger partial charge in [-0.05, 0) is 13.0 Å². The van der Waals surface area contributed by atoms with Crippen molar-refractivity contribution < 1.29 is 0 Å². The van der Waals surface area contributed by atoms with E-state index in [2.05, 4.69) is 29.4 Å². The van der Waals surface area contributed by atoms with Gasteiger partial charge in [-0.1, -0.05) is 13.8 Å². The predicted molar refractivity (Wildman–Crippen MR) is 56.1 cm³/mol. The van der Waals surface area contributed by atoms with Crippen LogP contribution in [0.4, 0.5) is 0 Å². The summed E-state index contributed by atoms with van der Waals surface area (Å²) >= 11 is 1.74. The maximum atomic E-state index is 4.15. The Kier molecular flexibility index (Phi) is 4.32. The van der Waals surface area contributed by atoms with E-state index in [1.165, 1.54) is 5.01 Å². The van der Waals surface area contributed by atoms with Gasteiger partial charge in [0.05, 0.1) is 0 Å². The van der Waals surface area contributed by atoms with Crippen LogP contribution in [0.1, 0.15) is 23.9 Å². The number of hydrogen-bond donors (Lipinski definition) is 1. The molecule has 1 aromatic rings. The molecule has 0 aliphatic carbocycles. The summed E-state index contributed by atoms with van der Waals surface area (Å²) in [4.78, 5) is 0. The fraction of sp³-hybridized carbons (Fsp3) is 0.778. The van der Waals surface area contributed by atoms with Gasteiger partial charge in [-0.25, -0.2) is 0 Å². The number of aromatic nitrogens is 2. The highest BCUT2D eigenvalue weighted by atomic mass is 32.1. The third-order valence-electron chi connectivity index (χ3n) is 1.68. The van der Waals surface area contributed by atoms with Crippen LogP contribution in [0.15, 0.2) is 0 Å². The van der Waals surface area contributed by atoms with Crippen LogP contribution in [-0.2, 0) is 12.8 Å². The molecule has 0 aromatic carbocycles. The zero-order chi connectivity index (χ0) is 9.68. The van der Waals surface area contributed by atoms with Crippen LogP contribution in [0.3, 0.4) is 0 Å². The van der Waals surface area contributed by atoms with Crippen molar-refractivity contribution in [2.75, 3.05) is 13.6 Å². The number of nitrogens with one attached hydrogen (secondary N) is 1. The molecule has 3 nitrogen and oxygen atoms in total. The van der Waals surface area contributed by atoms with Crippen molar-refractivity contribution in [3.8, 4) is 0 Å². The summed E-state index contributed by atoms with van der Waals surface area (Å²) in [5, 5.41) is 13.7. The van der Waals surface area contributed by atoms with E-state index in [1.54, 1.807) is 11.3 Å². The first-order valence-electron chi connectivity index (χ1n) is 4.68. The first-order chi connectivity index (χ1) is 6.22. The predicted octanol–water partition coefficient (Wildman–Crippen LogP) is 1.50. The molecule has 0 spiro atoms. The van der Waals surface area contributed by atoms with Gasteiger partial charge in [0.2, 0.25) is 0 Å². The largest absolute Gasteiger partial charge is 0.319 e. The Bertz CT molecular complexity index is 245. The molecular weight excluding hydrogens is 182 g/mol. The minimum Gasteiger partial charge on any atom is -0.319 e. The summed E-state index contributed by atoms with van der Waals surface area (Å²) < 4.78 is 0. The second-order valence-electron chi connectivity index (χ2n) is 3.54. The summed E-state index contributed by atoms with van der Waals surface area (Å²) in [5.74, 6) is 0.671. The van der Waals surface area contributed by atoms with E-state index in [4.69, 9.17) is 0 Å². The molecule has 1 N–H and O–H groups in total. The Balaban J connectivity index is 2.44. The van der Waals surface area contributed by atoms with Gasteiger partial charge in [0, 0.05) is 19.4 Å². The molecule has 0 saturated carbocycles. The van der Waals surface area contributed by atoms with E-state index in [1.807, 2.05) is 7.05 Å². The Morgan fingerprint density at radius 2 is 2.00 bits per heavy atom. The maximum Gasteiger partial charge on any atom is 0.118 e. The van der Waals surface area contributed by atoms with Gasteiger partial charge in [-0.15, -0.1) is 21.5 Å². The molecule has 1 rings (SSSR count). The molecule has 1 heterocycles. The Labute approximate surface area is 83.6 Å². The number of hydrogen-bond acceptors (Lipinski definition) is 4.